The zero-order valence-corrected chi connectivity index (χ0v) is 16.1. The van der Waals surface area contributed by atoms with Gasteiger partial charge in [-0.3, -0.25) is 4.90 Å². The lowest BCUT2D eigenvalue weighted by Gasteiger charge is -2.41. The van der Waals surface area contributed by atoms with Crippen molar-refractivity contribution in [2.75, 3.05) is 0 Å². The number of benzene rings is 2. The molecule has 2 aliphatic rings. The number of carbonyl (C=O) groups excluding carboxylic acids is 1. The molecule has 0 bridgehead atoms. The van der Waals surface area contributed by atoms with E-state index in [2.05, 4.69) is 11.4 Å². The third-order valence-corrected chi connectivity index (χ3v) is 5.84. The lowest BCUT2D eigenvalue weighted by Crippen LogP contribution is -2.50. The van der Waals surface area contributed by atoms with Crippen molar-refractivity contribution in [1.82, 2.24) is 10.2 Å². The third-order valence-electron chi connectivity index (χ3n) is 5.84. The van der Waals surface area contributed by atoms with Gasteiger partial charge in [-0.1, -0.05) is 30.3 Å². The highest BCUT2D eigenvalue weighted by molar-refractivity contribution is 5.89. The number of nitrogens with two attached hydrogens (primary N) is 1. The first-order valence-corrected chi connectivity index (χ1v) is 9.95. The third kappa shape index (κ3) is 3.62. The van der Waals surface area contributed by atoms with Crippen LogP contribution in [0.1, 0.15) is 48.4 Å². The van der Waals surface area contributed by atoms with Crippen LogP contribution < -0.4 is 11.1 Å². The number of phenolic OH excluding ortho intramolecular Hbond substituents is 1. The smallest absolute Gasteiger partial charge is 0.322 e. The predicted octanol–water partition coefficient (Wildman–Crippen LogP) is 4.08. The highest BCUT2D eigenvalue weighted by atomic mass is 16.3. The van der Waals surface area contributed by atoms with E-state index >= 15 is 0 Å². The quantitative estimate of drug-likeness (QED) is 0.754. The van der Waals surface area contributed by atoms with Crippen LogP contribution in [0.2, 0.25) is 0 Å². The standard InChI is InChI=1S/C23H27N3O2/c1-15-13-17(7-12-22(15)27)21-14-20(16-5-3-2-4-6-16)25-23(28)26(21)19-10-8-18(24)9-11-19/h2-7,12-14,18-20,27H,8-11,24H2,1H3,(H,25,28). The van der Waals surface area contributed by atoms with Crippen LogP contribution in [0, 0.1) is 6.92 Å². The van der Waals surface area contributed by atoms with E-state index in [1.165, 1.54) is 0 Å². The minimum absolute atomic E-state index is 0.0717. The molecule has 2 amide bonds. The van der Waals surface area contributed by atoms with E-state index in [4.69, 9.17) is 5.73 Å². The highest BCUT2D eigenvalue weighted by Crippen LogP contribution is 2.36. The molecule has 1 atom stereocenters. The number of carbonyl (C=O) groups is 1. The summed E-state index contributed by atoms with van der Waals surface area (Å²) in [4.78, 5) is 15.1. The topological polar surface area (TPSA) is 78.6 Å². The minimum Gasteiger partial charge on any atom is -0.508 e. The van der Waals surface area contributed by atoms with Gasteiger partial charge in [0.2, 0.25) is 0 Å². The summed E-state index contributed by atoms with van der Waals surface area (Å²) in [5, 5.41) is 13.1. The summed E-state index contributed by atoms with van der Waals surface area (Å²) in [7, 11) is 0. The fraction of sp³-hybridized carbons (Fsp3) is 0.348. The van der Waals surface area contributed by atoms with Crippen LogP contribution in [0.4, 0.5) is 4.79 Å². The van der Waals surface area contributed by atoms with Crippen molar-refractivity contribution in [3.05, 3.63) is 71.3 Å². The molecule has 5 nitrogen and oxygen atoms in total. The molecule has 1 heterocycles. The SMILES string of the molecule is Cc1cc(C2=CC(c3ccccc3)NC(=O)N2C2CCC(N)CC2)ccc1O. The molecule has 1 unspecified atom stereocenters. The zero-order valence-electron chi connectivity index (χ0n) is 16.1. The molecule has 1 fully saturated rings. The van der Waals surface area contributed by atoms with E-state index in [1.807, 2.05) is 54.3 Å². The van der Waals surface area contributed by atoms with Crippen molar-refractivity contribution in [3.63, 3.8) is 0 Å². The molecule has 0 spiro atoms. The van der Waals surface area contributed by atoms with Crippen LogP contribution in [-0.2, 0) is 0 Å². The van der Waals surface area contributed by atoms with E-state index < -0.39 is 0 Å². The van der Waals surface area contributed by atoms with Crippen molar-refractivity contribution in [1.29, 1.82) is 0 Å². The van der Waals surface area contributed by atoms with E-state index in [9.17, 15) is 9.90 Å². The molecule has 0 radical (unpaired) electrons. The number of amides is 2. The van der Waals surface area contributed by atoms with E-state index in [0.717, 1.165) is 48.1 Å². The molecule has 146 valence electrons. The first kappa shape index (κ1) is 18.6. The molecule has 2 aromatic carbocycles. The molecule has 1 aliphatic carbocycles. The Morgan fingerprint density at radius 2 is 1.79 bits per heavy atom. The number of rotatable bonds is 3. The molecule has 28 heavy (non-hydrogen) atoms. The van der Waals surface area contributed by atoms with Gasteiger partial charge in [0.15, 0.2) is 0 Å². The normalized spacial score (nSPS) is 25.2. The molecular formula is C23H27N3O2. The molecular weight excluding hydrogens is 350 g/mol. The molecule has 5 heteroatoms. The van der Waals surface area contributed by atoms with Gasteiger partial charge in [0.1, 0.15) is 5.75 Å². The Bertz CT molecular complexity index is 886. The maximum atomic E-state index is 13.2. The molecule has 4 rings (SSSR count). The Morgan fingerprint density at radius 1 is 1.07 bits per heavy atom. The van der Waals surface area contributed by atoms with Crippen LogP contribution >= 0.6 is 0 Å². The summed E-state index contributed by atoms with van der Waals surface area (Å²) in [5.74, 6) is 0.263. The predicted molar refractivity (Wildman–Crippen MR) is 111 cm³/mol. The maximum absolute atomic E-state index is 13.2. The number of hydrogen-bond acceptors (Lipinski definition) is 3. The fourth-order valence-corrected chi connectivity index (χ4v) is 4.20. The van der Waals surface area contributed by atoms with Crippen molar-refractivity contribution in [2.24, 2.45) is 5.73 Å². The largest absolute Gasteiger partial charge is 0.508 e. The van der Waals surface area contributed by atoms with Gasteiger partial charge in [0, 0.05) is 12.1 Å². The number of urea groups is 1. The van der Waals surface area contributed by atoms with Crippen LogP contribution in [0.3, 0.4) is 0 Å². The maximum Gasteiger partial charge on any atom is 0.322 e. The van der Waals surface area contributed by atoms with Crippen LogP contribution in [-0.4, -0.2) is 28.1 Å². The van der Waals surface area contributed by atoms with E-state index in [1.54, 1.807) is 6.07 Å². The number of nitrogens with one attached hydrogen (secondary N) is 1. The van der Waals surface area contributed by atoms with Gasteiger partial charge in [0.05, 0.1) is 11.7 Å². The summed E-state index contributed by atoms with van der Waals surface area (Å²) in [6.45, 7) is 1.88. The Labute approximate surface area is 165 Å². The van der Waals surface area contributed by atoms with Crippen molar-refractivity contribution in [3.8, 4) is 5.75 Å². The second-order valence-electron chi connectivity index (χ2n) is 7.83. The first-order valence-electron chi connectivity index (χ1n) is 9.95. The second-order valence-corrected chi connectivity index (χ2v) is 7.83. The van der Waals surface area contributed by atoms with Gasteiger partial charge in [-0.2, -0.15) is 0 Å². The summed E-state index contributed by atoms with van der Waals surface area (Å²) < 4.78 is 0. The fourth-order valence-electron chi connectivity index (χ4n) is 4.20. The van der Waals surface area contributed by atoms with E-state index in [0.29, 0.717) is 0 Å². The van der Waals surface area contributed by atoms with Gasteiger partial charge in [0.25, 0.3) is 0 Å². The number of aromatic hydroxyl groups is 1. The lowest BCUT2D eigenvalue weighted by molar-refractivity contribution is 0.181. The average molecular weight is 377 g/mol. The first-order chi connectivity index (χ1) is 13.5. The monoisotopic (exact) mass is 377 g/mol. The second kappa shape index (κ2) is 7.68. The summed E-state index contributed by atoms with van der Waals surface area (Å²) in [6, 6.07) is 15.6. The molecule has 2 aromatic rings. The molecule has 4 N–H and O–H groups in total. The van der Waals surface area contributed by atoms with Crippen molar-refractivity contribution >= 4 is 11.7 Å². The Balaban J connectivity index is 1.76. The van der Waals surface area contributed by atoms with Gasteiger partial charge in [-0.05, 0) is 73.6 Å². The number of phenols is 1. The Kier molecular flexibility index (Phi) is 5.09. The van der Waals surface area contributed by atoms with Crippen LogP contribution in [0.25, 0.3) is 5.70 Å². The van der Waals surface area contributed by atoms with Gasteiger partial charge < -0.3 is 16.2 Å². The molecule has 0 aromatic heterocycles. The van der Waals surface area contributed by atoms with Crippen LogP contribution in [0.5, 0.6) is 5.75 Å². The van der Waals surface area contributed by atoms with Gasteiger partial charge >= 0.3 is 6.03 Å². The zero-order chi connectivity index (χ0) is 19.7. The average Bonchev–Trinajstić information content (AvgIpc) is 2.71. The molecule has 0 saturated heterocycles. The number of hydrogen-bond donors (Lipinski definition) is 3. The molecule has 1 saturated carbocycles. The lowest BCUT2D eigenvalue weighted by atomic mass is 9.89. The highest BCUT2D eigenvalue weighted by Gasteiger charge is 2.35. The van der Waals surface area contributed by atoms with Gasteiger partial charge in [-0.15, -0.1) is 0 Å². The minimum atomic E-state index is -0.181. The van der Waals surface area contributed by atoms with Gasteiger partial charge in [-0.25, -0.2) is 4.79 Å². The Morgan fingerprint density at radius 3 is 2.46 bits per heavy atom. The van der Waals surface area contributed by atoms with Crippen LogP contribution in [0.15, 0.2) is 54.6 Å². The number of aryl methyl sites for hydroxylation is 1. The number of nitrogens with zero attached hydrogens (tertiary/aromatic N) is 1. The van der Waals surface area contributed by atoms with Crippen molar-refractivity contribution in [2.45, 2.75) is 50.7 Å². The summed E-state index contributed by atoms with van der Waals surface area (Å²) in [5.41, 5.74) is 9.78. The summed E-state index contributed by atoms with van der Waals surface area (Å²) in [6.07, 6.45) is 5.78. The summed E-state index contributed by atoms with van der Waals surface area (Å²) >= 11 is 0. The van der Waals surface area contributed by atoms with E-state index in [-0.39, 0.29) is 29.9 Å². The van der Waals surface area contributed by atoms with Crippen molar-refractivity contribution < 1.29 is 9.90 Å². The molecule has 1 aliphatic heterocycles. The Hall–Kier alpha value is -2.79.